The van der Waals surface area contributed by atoms with E-state index >= 15 is 0 Å². The highest BCUT2D eigenvalue weighted by Crippen LogP contribution is 2.26. The van der Waals surface area contributed by atoms with Crippen molar-refractivity contribution in [2.75, 3.05) is 11.1 Å². The maximum absolute atomic E-state index is 6.17. The van der Waals surface area contributed by atoms with Crippen molar-refractivity contribution in [1.29, 1.82) is 0 Å². The van der Waals surface area contributed by atoms with Gasteiger partial charge in [-0.15, -0.1) is 5.10 Å². The fourth-order valence-electron chi connectivity index (χ4n) is 2.33. The first-order chi connectivity index (χ1) is 12.1. The number of fused-ring (bicyclic) bond motifs is 1. The van der Waals surface area contributed by atoms with Crippen LogP contribution < -0.4 is 11.1 Å². The first-order valence-corrected chi connectivity index (χ1v) is 8.94. The van der Waals surface area contributed by atoms with Crippen LogP contribution in [-0.2, 0) is 6.54 Å². The van der Waals surface area contributed by atoms with Gasteiger partial charge in [0, 0.05) is 16.6 Å². The monoisotopic (exact) mass is 390 g/mol. The Balaban J connectivity index is 1.57. The molecule has 0 unspecified atom stereocenters. The standard InChI is InChI=1S/C16H12Cl2N6S/c17-10-6-5-9(11(18)7-10)8-20-15-22-14(19)24(23-15)16-21-12-3-1-2-4-13(12)25-16/h1-7H,8H2,(H3,19,20,22,23). The van der Waals surface area contributed by atoms with E-state index in [4.69, 9.17) is 28.9 Å². The van der Waals surface area contributed by atoms with E-state index in [2.05, 4.69) is 20.4 Å². The van der Waals surface area contributed by atoms with Gasteiger partial charge in [0.05, 0.1) is 10.2 Å². The fraction of sp³-hybridized carbons (Fsp3) is 0.0625. The molecular weight excluding hydrogens is 379 g/mol. The molecule has 0 aliphatic carbocycles. The summed E-state index contributed by atoms with van der Waals surface area (Å²) < 4.78 is 2.59. The normalized spacial score (nSPS) is 11.1. The van der Waals surface area contributed by atoms with E-state index in [1.165, 1.54) is 16.0 Å². The molecule has 3 N–H and O–H groups in total. The number of nitrogens with two attached hydrogens (primary N) is 1. The number of aromatic nitrogens is 4. The largest absolute Gasteiger partial charge is 0.368 e. The smallest absolute Gasteiger partial charge is 0.244 e. The molecule has 0 saturated heterocycles. The number of hydrogen-bond donors (Lipinski definition) is 2. The van der Waals surface area contributed by atoms with Crippen LogP contribution in [0.25, 0.3) is 15.3 Å². The molecular formula is C16H12Cl2N6S. The van der Waals surface area contributed by atoms with Crippen LogP contribution in [0, 0.1) is 0 Å². The summed E-state index contributed by atoms with van der Waals surface area (Å²) in [5, 5.41) is 9.34. The van der Waals surface area contributed by atoms with Gasteiger partial charge in [-0.05, 0) is 29.8 Å². The Hall–Kier alpha value is -2.35. The SMILES string of the molecule is Nc1nc(NCc2ccc(Cl)cc2Cl)nn1-c1nc2ccccc2s1. The molecule has 126 valence electrons. The summed E-state index contributed by atoms with van der Waals surface area (Å²) >= 11 is 13.6. The van der Waals surface area contributed by atoms with Crippen molar-refractivity contribution in [2.24, 2.45) is 0 Å². The van der Waals surface area contributed by atoms with Gasteiger partial charge in [-0.25, -0.2) is 4.98 Å². The molecule has 0 atom stereocenters. The van der Waals surface area contributed by atoms with Crippen LogP contribution in [0.2, 0.25) is 10.0 Å². The van der Waals surface area contributed by atoms with E-state index < -0.39 is 0 Å². The van der Waals surface area contributed by atoms with Crippen molar-refractivity contribution in [3.63, 3.8) is 0 Å². The van der Waals surface area contributed by atoms with Crippen LogP contribution >= 0.6 is 34.5 Å². The Morgan fingerprint density at radius 3 is 2.76 bits per heavy atom. The lowest BCUT2D eigenvalue weighted by Gasteiger charge is -2.04. The number of rotatable bonds is 4. The average Bonchev–Trinajstić information content (AvgIpc) is 3.17. The van der Waals surface area contributed by atoms with Crippen molar-refractivity contribution in [3.8, 4) is 5.13 Å². The molecule has 2 aromatic heterocycles. The zero-order chi connectivity index (χ0) is 17.4. The van der Waals surface area contributed by atoms with E-state index in [0.29, 0.717) is 27.7 Å². The first kappa shape index (κ1) is 16.1. The van der Waals surface area contributed by atoms with E-state index in [0.717, 1.165) is 15.8 Å². The number of benzene rings is 2. The van der Waals surface area contributed by atoms with Crippen molar-refractivity contribution >= 4 is 56.7 Å². The van der Waals surface area contributed by atoms with Crippen LogP contribution in [0.5, 0.6) is 0 Å². The van der Waals surface area contributed by atoms with E-state index in [-0.39, 0.29) is 5.95 Å². The molecule has 4 rings (SSSR count). The molecule has 0 aliphatic rings. The molecule has 2 aromatic carbocycles. The van der Waals surface area contributed by atoms with Crippen molar-refractivity contribution in [3.05, 3.63) is 58.1 Å². The maximum atomic E-state index is 6.17. The molecule has 6 nitrogen and oxygen atoms in total. The number of halogens is 2. The Morgan fingerprint density at radius 1 is 1.12 bits per heavy atom. The molecule has 4 aromatic rings. The molecule has 0 spiro atoms. The van der Waals surface area contributed by atoms with E-state index in [1.54, 1.807) is 12.1 Å². The molecule has 0 amide bonds. The van der Waals surface area contributed by atoms with Crippen LogP contribution in [0.15, 0.2) is 42.5 Å². The van der Waals surface area contributed by atoms with Crippen molar-refractivity contribution in [1.82, 2.24) is 19.7 Å². The number of thiazole rings is 1. The highest BCUT2D eigenvalue weighted by Gasteiger charge is 2.13. The van der Waals surface area contributed by atoms with Crippen LogP contribution in [0.1, 0.15) is 5.56 Å². The highest BCUT2D eigenvalue weighted by molar-refractivity contribution is 7.20. The number of para-hydroxylation sites is 1. The first-order valence-electron chi connectivity index (χ1n) is 7.36. The number of nitrogen functional groups attached to an aromatic ring is 1. The summed E-state index contributed by atoms with van der Waals surface area (Å²) in [4.78, 5) is 8.77. The Morgan fingerprint density at radius 2 is 1.96 bits per heavy atom. The van der Waals surface area contributed by atoms with Gasteiger partial charge < -0.3 is 11.1 Å². The zero-order valence-corrected chi connectivity index (χ0v) is 15.1. The van der Waals surface area contributed by atoms with Gasteiger partial charge in [0.25, 0.3) is 0 Å². The average molecular weight is 391 g/mol. The Labute approximate surface area is 157 Å². The number of anilines is 2. The molecule has 2 heterocycles. The molecule has 0 aliphatic heterocycles. The minimum absolute atomic E-state index is 0.267. The van der Waals surface area contributed by atoms with Crippen molar-refractivity contribution in [2.45, 2.75) is 6.54 Å². The summed E-state index contributed by atoms with van der Waals surface area (Å²) in [5.74, 6) is 0.673. The second-order valence-electron chi connectivity index (χ2n) is 5.26. The van der Waals surface area contributed by atoms with Gasteiger partial charge in [-0.3, -0.25) is 0 Å². The highest BCUT2D eigenvalue weighted by atomic mass is 35.5. The van der Waals surface area contributed by atoms with Gasteiger partial charge in [-0.2, -0.15) is 9.67 Å². The molecule has 0 bridgehead atoms. The molecule has 0 radical (unpaired) electrons. The lowest BCUT2D eigenvalue weighted by molar-refractivity contribution is 0.880. The summed E-state index contributed by atoms with van der Waals surface area (Å²) in [5.41, 5.74) is 7.78. The summed E-state index contributed by atoms with van der Waals surface area (Å²) in [6.07, 6.45) is 0. The quantitative estimate of drug-likeness (QED) is 0.540. The van der Waals surface area contributed by atoms with Gasteiger partial charge >= 0.3 is 0 Å². The number of nitrogens with one attached hydrogen (secondary N) is 1. The maximum Gasteiger partial charge on any atom is 0.244 e. The summed E-state index contributed by atoms with van der Waals surface area (Å²) in [7, 11) is 0. The third-order valence-corrected chi connectivity index (χ3v) is 5.15. The van der Waals surface area contributed by atoms with Crippen LogP contribution in [0.4, 0.5) is 11.9 Å². The Bertz CT molecular complexity index is 1020. The summed E-state index contributed by atoms with van der Waals surface area (Å²) in [6, 6.07) is 13.2. The van der Waals surface area contributed by atoms with Gasteiger partial charge in [-0.1, -0.05) is 52.7 Å². The van der Waals surface area contributed by atoms with Crippen LogP contribution in [-0.4, -0.2) is 19.7 Å². The molecule has 0 fully saturated rings. The van der Waals surface area contributed by atoms with E-state index in [9.17, 15) is 0 Å². The molecule has 9 heteroatoms. The Kier molecular flexibility index (Phi) is 4.20. The second kappa shape index (κ2) is 6.51. The topological polar surface area (TPSA) is 81.6 Å². The van der Waals surface area contributed by atoms with Gasteiger partial charge in [0.2, 0.25) is 17.0 Å². The minimum Gasteiger partial charge on any atom is -0.368 e. The predicted molar refractivity (Wildman–Crippen MR) is 103 cm³/mol. The number of nitrogens with zero attached hydrogens (tertiary/aromatic N) is 4. The third-order valence-electron chi connectivity index (χ3n) is 3.55. The lowest BCUT2D eigenvalue weighted by atomic mass is 10.2. The van der Waals surface area contributed by atoms with E-state index in [1.807, 2.05) is 30.3 Å². The fourth-order valence-corrected chi connectivity index (χ4v) is 3.73. The van der Waals surface area contributed by atoms with Crippen molar-refractivity contribution < 1.29 is 0 Å². The molecule has 0 saturated carbocycles. The van der Waals surface area contributed by atoms with Gasteiger partial charge in [0.15, 0.2) is 0 Å². The predicted octanol–water partition coefficient (Wildman–Crippen LogP) is 4.38. The summed E-state index contributed by atoms with van der Waals surface area (Å²) in [6.45, 7) is 0.458. The molecule has 25 heavy (non-hydrogen) atoms. The lowest BCUT2D eigenvalue weighted by Crippen LogP contribution is -2.03. The zero-order valence-electron chi connectivity index (χ0n) is 12.8. The third kappa shape index (κ3) is 3.26. The second-order valence-corrected chi connectivity index (χ2v) is 7.11. The minimum atomic E-state index is 0.267. The number of hydrogen-bond acceptors (Lipinski definition) is 6. The van der Waals surface area contributed by atoms with Crippen LogP contribution in [0.3, 0.4) is 0 Å². The van der Waals surface area contributed by atoms with Gasteiger partial charge in [0.1, 0.15) is 0 Å².